The summed E-state index contributed by atoms with van der Waals surface area (Å²) in [7, 11) is 1.64. The Morgan fingerprint density at radius 1 is 1.39 bits per heavy atom. The van der Waals surface area contributed by atoms with Gasteiger partial charge in [-0.3, -0.25) is 4.79 Å². The molecule has 0 saturated carbocycles. The third-order valence-electron chi connectivity index (χ3n) is 2.77. The van der Waals surface area contributed by atoms with Crippen LogP contribution < -0.4 is 4.90 Å². The molecule has 0 unspecified atom stereocenters. The third kappa shape index (κ3) is 2.07. The molecule has 0 saturated heterocycles. The fourth-order valence-corrected chi connectivity index (χ4v) is 1.77. The van der Waals surface area contributed by atoms with Gasteiger partial charge in [-0.2, -0.15) is 0 Å². The molecule has 2 rings (SSSR count). The monoisotopic (exact) mass is 246 g/mol. The van der Waals surface area contributed by atoms with Crippen LogP contribution in [-0.2, 0) is 0 Å². The van der Waals surface area contributed by atoms with Crippen LogP contribution in [0.1, 0.15) is 21.8 Å². The number of phenolic OH excluding ortho intramolecular Hbond substituents is 1. The number of aryl methyl sites for hydroxylation is 2. The van der Waals surface area contributed by atoms with E-state index in [9.17, 15) is 9.90 Å². The molecule has 1 amide bonds. The number of aromatic nitrogens is 1. The minimum absolute atomic E-state index is 0.117. The maximum absolute atomic E-state index is 12.3. The fraction of sp³-hybridized carbons (Fsp3) is 0.231. The van der Waals surface area contributed by atoms with Crippen molar-refractivity contribution in [3.05, 3.63) is 41.3 Å². The predicted molar refractivity (Wildman–Crippen MR) is 66.8 cm³/mol. The van der Waals surface area contributed by atoms with Crippen LogP contribution >= 0.6 is 0 Å². The molecule has 18 heavy (non-hydrogen) atoms. The lowest BCUT2D eigenvalue weighted by Crippen LogP contribution is -2.27. The van der Waals surface area contributed by atoms with Crippen molar-refractivity contribution in [3.63, 3.8) is 0 Å². The van der Waals surface area contributed by atoms with E-state index in [-0.39, 0.29) is 11.7 Å². The first-order chi connectivity index (χ1) is 8.50. The highest BCUT2D eigenvalue weighted by atomic mass is 16.5. The summed E-state index contributed by atoms with van der Waals surface area (Å²) in [5, 5.41) is 13.2. The molecule has 0 bridgehead atoms. The van der Waals surface area contributed by atoms with E-state index in [1.54, 1.807) is 39.1 Å². The molecule has 5 heteroatoms. The molecule has 0 aliphatic heterocycles. The van der Waals surface area contributed by atoms with Gasteiger partial charge in [0.15, 0.2) is 0 Å². The topological polar surface area (TPSA) is 66.6 Å². The van der Waals surface area contributed by atoms with Gasteiger partial charge in [-0.05, 0) is 26.0 Å². The molecule has 1 N–H and O–H groups in total. The van der Waals surface area contributed by atoms with Crippen LogP contribution in [0.2, 0.25) is 0 Å². The van der Waals surface area contributed by atoms with Crippen LogP contribution in [-0.4, -0.2) is 23.2 Å². The quantitative estimate of drug-likeness (QED) is 0.882. The molecule has 0 spiro atoms. The van der Waals surface area contributed by atoms with Crippen LogP contribution in [0.15, 0.2) is 28.8 Å². The van der Waals surface area contributed by atoms with Crippen molar-refractivity contribution in [3.8, 4) is 5.75 Å². The standard InChI is InChI=1S/C13H14N2O3/c1-8-12(9(2)18-14-8)13(17)15(3)10-5-4-6-11(16)7-10/h4-7,16H,1-3H3. The Kier molecular flexibility index (Phi) is 3.06. The van der Waals surface area contributed by atoms with Crippen molar-refractivity contribution < 1.29 is 14.4 Å². The summed E-state index contributed by atoms with van der Waals surface area (Å²) in [6.07, 6.45) is 0. The van der Waals surface area contributed by atoms with Crippen LogP contribution in [0, 0.1) is 13.8 Å². The summed E-state index contributed by atoms with van der Waals surface area (Å²) in [6, 6.07) is 6.51. The summed E-state index contributed by atoms with van der Waals surface area (Å²) in [5.74, 6) is 0.396. The van der Waals surface area contributed by atoms with E-state index in [1.807, 2.05) is 0 Å². The number of rotatable bonds is 2. The van der Waals surface area contributed by atoms with Crippen LogP contribution in [0.5, 0.6) is 5.75 Å². The number of carbonyl (C=O) groups excluding carboxylic acids is 1. The normalized spacial score (nSPS) is 10.4. The van der Waals surface area contributed by atoms with Crippen molar-refractivity contribution in [2.24, 2.45) is 0 Å². The Morgan fingerprint density at radius 3 is 2.67 bits per heavy atom. The van der Waals surface area contributed by atoms with Crippen molar-refractivity contribution >= 4 is 11.6 Å². The maximum atomic E-state index is 12.3. The Bertz CT molecular complexity index is 570. The Balaban J connectivity index is 2.35. The summed E-state index contributed by atoms with van der Waals surface area (Å²) in [5.41, 5.74) is 1.63. The number of phenols is 1. The summed E-state index contributed by atoms with van der Waals surface area (Å²) < 4.78 is 4.98. The number of aromatic hydroxyl groups is 1. The molecule has 0 aliphatic carbocycles. The van der Waals surface area contributed by atoms with Crippen molar-refractivity contribution in [2.45, 2.75) is 13.8 Å². The molecule has 94 valence electrons. The van der Waals surface area contributed by atoms with Crippen LogP contribution in [0.4, 0.5) is 5.69 Å². The molecule has 2 aromatic rings. The van der Waals surface area contributed by atoms with Gasteiger partial charge >= 0.3 is 0 Å². The number of anilines is 1. The van der Waals surface area contributed by atoms with Gasteiger partial charge in [0.25, 0.3) is 5.91 Å². The second-order valence-electron chi connectivity index (χ2n) is 4.08. The first kappa shape index (κ1) is 12.2. The smallest absolute Gasteiger partial charge is 0.263 e. The zero-order chi connectivity index (χ0) is 13.3. The highest BCUT2D eigenvalue weighted by molar-refractivity contribution is 6.07. The van der Waals surface area contributed by atoms with Gasteiger partial charge in [0.1, 0.15) is 17.1 Å². The summed E-state index contributed by atoms with van der Waals surface area (Å²) in [6.45, 7) is 3.42. The minimum Gasteiger partial charge on any atom is -0.508 e. The first-order valence-electron chi connectivity index (χ1n) is 5.50. The van der Waals surface area contributed by atoms with E-state index < -0.39 is 0 Å². The highest BCUT2D eigenvalue weighted by Gasteiger charge is 2.21. The van der Waals surface area contributed by atoms with Crippen LogP contribution in [0.3, 0.4) is 0 Å². The number of nitrogens with zero attached hydrogens (tertiary/aromatic N) is 2. The van der Waals surface area contributed by atoms with Gasteiger partial charge in [-0.1, -0.05) is 11.2 Å². The average Bonchev–Trinajstić information content (AvgIpc) is 2.67. The first-order valence-corrected chi connectivity index (χ1v) is 5.50. The number of carbonyl (C=O) groups is 1. The molecule has 0 fully saturated rings. The van der Waals surface area contributed by atoms with Gasteiger partial charge in [-0.25, -0.2) is 0 Å². The van der Waals surface area contributed by atoms with Gasteiger partial charge in [-0.15, -0.1) is 0 Å². The van der Waals surface area contributed by atoms with E-state index in [0.717, 1.165) is 0 Å². The van der Waals surface area contributed by atoms with E-state index in [1.165, 1.54) is 11.0 Å². The molecule has 1 aromatic heterocycles. The lowest BCUT2D eigenvalue weighted by atomic mass is 10.1. The van der Waals surface area contributed by atoms with Crippen molar-refractivity contribution in [1.82, 2.24) is 5.16 Å². The van der Waals surface area contributed by atoms with E-state index in [4.69, 9.17) is 4.52 Å². The van der Waals surface area contributed by atoms with E-state index in [2.05, 4.69) is 5.16 Å². The summed E-state index contributed by atoms with van der Waals surface area (Å²) >= 11 is 0. The number of benzene rings is 1. The average molecular weight is 246 g/mol. The van der Waals surface area contributed by atoms with Crippen LogP contribution in [0.25, 0.3) is 0 Å². The molecule has 1 aromatic carbocycles. The van der Waals surface area contributed by atoms with Gasteiger partial charge in [0, 0.05) is 18.8 Å². The molecule has 0 aliphatic rings. The van der Waals surface area contributed by atoms with E-state index >= 15 is 0 Å². The minimum atomic E-state index is -0.211. The molecule has 1 heterocycles. The third-order valence-corrected chi connectivity index (χ3v) is 2.77. The lowest BCUT2D eigenvalue weighted by Gasteiger charge is -2.17. The SMILES string of the molecule is Cc1noc(C)c1C(=O)N(C)c1cccc(O)c1. The fourth-order valence-electron chi connectivity index (χ4n) is 1.77. The largest absolute Gasteiger partial charge is 0.508 e. The Labute approximate surface area is 105 Å². The molecule has 5 nitrogen and oxygen atoms in total. The zero-order valence-electron chi connectivity index (χ0n) is 10.5. The number of hydrogen-bond acceptors (Lipinski definition) is 4. The number of amides is 1. The van der Waals surface area contributed by atoms with Gasteiger partial charge in [0.05, 0.1) is 5.69 Å². The maximum Gasteiger partial charge on any atom is 0.263 e. The summed E-state index contributed by atoms with van der Waals surface area (Å²) in [4.78, 5) is 13.8. The second-order valence-corrected chi connectivity index (χ2v) is 4.08. The van der Waals surface area contributed by atoms with E-state index in [0.29, 0.717) is 22.7 Å². The molecule has 0 radical (unpaired) electrons. The number of hydrogen-bond donors (Lipinski definition) is 1. The van der Waals surface area contributed by atoms with Crippen molar-refractivity contribution in [1.29, 1.82) is 0 Å². The van der Waals surface area contributed by atoms with Crippen molar-refractivity contribution in [2.75, 3.05) is 11.9 Å². The predicted octanol–water partition coefficient (Wildman–Crippen LogP) is 2.27. The van der Waals surface area contributed by atoms with Gasteiger partial charge in [0.2, 0.25) is 0 Å². The molecule has 0 atom stereocenters. The second kappa shape index (κ2) is 4.52. The zero-order valence-corrected chi connectivity index (χ0v) is 10.5. The molecular formula is C13H14N2O3. The lowest BCUT2D eigenvalue weighted by molar-refractivity contribution is 0.0991. The highest BCUT2D eigenvalue weighted by Crippen LogP contribution is 2.22. The Hall–Kier alpha value is -2.30. The molecular weight excluding hydrogens is 232 g/mol. The van der Waals surface area contributed by atoms with Gasteiger partial charge < -0.3 is 14.5 Å². The Morgan fingerprint density at radius 2 is 2.11 bits per heavy atom.